The Morgan fingerprint density at radius 3 is 2.83 bits per heavy atom. The Morgan fingerprint density at radius 2 is 2.25 bits per heavy atom. The van der Waals surface area contributed by atoms with Gasteiger partial charge in [-0.3, -0.25) is 0 Å². The summed E-state index contributed by atoms with van der Waals surface area (Å²) in [5.74, 6) is 0. The molecule has 3 heteroatoms. The SMILES string of the molecule is CN(C)CCC1CN(C)CCO1. The molecule has 0 aliphatic carbocycles. The fourth-order valence-electron chi connectivity index (χ4n) is 1.44. The Bertz CT molecular complexity index is 128. The number of ether oxygens (including phenoxy) is 1. The lowest BCUT2D eigenvalue weighted by molar-refractivity contribution is -0.0256. The summed E-state index contributed by atoms with van der Waals surface area (Å²) < 4.78 is 5.63. The summed E-state index contributed by atoms with van der Waals surface area (Å²) in [7, 11) is 6.37. The molecule has 1 saturated heterocycles. The zero-order valence-corrected chi connectivity index (χ0v) is 8.42. The summed E-state index contributed by atoms with van der Waals surface area (Å²) in [5.41, 5.74) is 0. The first-order chi connectivity index (χ1) is 5.68. The largest absolute Gasteiger partial charge is 0.376 e. The molecule has 0 amide bonds. The third-order valence-electron chi connectivity index (χ3n) is 2.24. The molecule has 0 aromatic carbocycles. The molecule has 1 fully saturated rings. The second-order valence-corrected chi connectivity index (χ2v) is 3.85. The fourth-order valence-corrected chi connectivity index (χ4v) is 1.44. The van der Waals surface area contributed by atoms with Gasteiger partial charge in [0, 0.05) is 19.6 Å². The Labute approximate surface area is 75.3 Å². The number of hydrogen-bond donors (Lipinski definition) is 0. The smallest absolute Gasteiger partial charge is 0.0714 e. The predicted molar refractivity (Wildman–Crippen MR) is 50.4 cm³/mol. The van der Waals surface area contributed by atoms with E-state index in [1.165, 1.54) is 0 Å². The molecule has 0 aromatic heterocycles. The van der Waals surface area contributed by atoms with Crippen LogP contribution >= 0.6 is 0 Å². The maximum atomic E-state index is 5.63. The van der Waals surface area contributed by atoms with Crippen molar-refractivity contribution in [3.05, 3.63) is 0 Å². The summed E-state index contributed by atoms with van der Waals surface area (Å²) in [6.45, 7) is 4.19. The van der Waals surface area contributed by atoms with E-state index in [1.54, 1.807) is 0 Å². The van der Waals surface area contributed by atoms with Crippen LogP contribution in [0.1, 0.15) is 6.42 Å². The molecule has 3 nitrogen and oxygen atoms in total. The normalized spacial score (nSPS) is 26.5. The van der Waals surface area contributed by atoms with Gasteiger partial charge in [-0.05, 0) is 27.6 Å². The Hall–Kier alpha value is -0.120. The van der Waals surface area contributed by atoms with Gasteiger partial charge < -0.3 is 14.5 Å². The molecule has 1 aliphatic heterocycles. The standard InChI is InChI=1S/C9H20N2O/c1-10(2)5-4-9-8-11(3)6-7-12-9/h9H,4-8H2,1-3H3. The van der Waals surface area contributed by atoms with E-state index in [0.717, 1.165) is 32.7 Å². The van der Waals surface area contributed by atoms with Crippen LogP contribution in [0.4, 0.5) is 0 Å². The van der Waals surface area contributed by atoms with Crippen molar-refractivity contribution in [1.82, 2.24) is 9.80 Å². The monoisotopic (exact) mass is 172 g/mol. The first-order valence-corrected chi connectivity index (χ1v) is 4.63. The van der Waals surface area contributed by atoms with E-state index in [-0.39, 0.29) is 0 Å². The highest BCUT2D eigenvalue weighted by Crippen LogP contribution is 2.06. The molecule has 0 aromatic rings. The molecule has 1 heterocycles. The first-order valence-electron chi connectivity index (χ1n) is 4.63. The number of morpholine rings is 1. The third-order valence-corrected chi connectivity index (χ3v) is 2.24. The minimum absolute atomic E-state index is 0.450. The Balaban J connectivity index is 2.14. The molecule has 0 spiro atoms. The molecular weight excluding hydrogens is 152 g/mol. The maximum Gasteiger partial charge on any atom is 0.0714 e. The van der Waals surface area contributed by atoms with Crippen LogP contribution in [0.25, 0.3) is 0 Å². The molecule has 1 unspecified atom stereocenters. The zero-order valence-electron chi connectivity index (χ0n) is 8.42. The van der Waals surface area contributed by atoms with Crippen LogP contribution in [-0.2, 0) is 4.74 Å². The lowest BCUT2D eigenvalue weighted by atomic mass is 10.2. The lowest BCUT2D eigenvalue weighted by Crippen LogP contribution is -2.41. The minimum Gasteiger partial charge on any atom is -0.376 e. The van der Waals surface area contributed by atoms with E-state index in [1.807, 2.05) is 0 Å². The molecule has 0 saturated carbocycles. The molecule has 1 rings (SSSR count). The van der Waals surface area contributed by atoms with Gasteiger partial charge >= 0.3 is 0 Å². The van der Waals surface area contributed by atoms with Crippen molar-refractivity contribution in [2.45, 2.75) is 12.5 Å². The van der Waals surface area contributed by atoms with E-state index < -0.39 is 0 Å². The molecule has 12 heavy (non-hydrogen) atoms. The summed E-state index contributed by atoms with van der Waals surface area (Å²) in [4.78, 5) is 4.54. The molecule has 0 radical (unpaired) electrons. The van der Waals surface area contributed by atoms with Crippen molar-refractivity contribution in [2.24, 2.45) is 0 Å². The average Bonchev–Trinajstić information content (AvgIpc) is 2.01. The van der Waals surface area contributed by atoms with E-state index in [2.05, 4.69) is 30.9 Å². The van der Waals surface area contributed by atoms with Gasteiger partial charge in [0.25, 0.3) is 0 Å². The van der Waals surface area contributed by atoms with Gasteiger partial charge in [0.2, 0.25) is 0 Å². The van der Waals surface area contributed by atoms with E-state index in [4.69, 9.17) is 4.74 Å². The Morgan fingerprint density at radius 1 is 1.50 bits per heavy atom. The lowest BCUT2D eigenvalue weighted by Gasteiger charge is -2.30. The second kappa shape index (κ2) is 4.80. The second-order valence-electron chi connectivity index (χ2n) is 3.85. The molecule has 0 N–H and O–H groups in total. The van der Waals surface area contributed by atoms with E-state index >= 15 is 0 Å². The van der Waals surface area contributed by atoms with E-state index in [0.29, 0.717) is 6.10 Å². The van der Waals surface area contributed by atoms with Crippen molar-refractivity contribution < 1.29 is 4.74 Å². The van der Waals surface area contributed by atoms with Gasteiger partial charge in [0.1, 0.15) is 0 Å². The minimum atomic E-state index is 0.450. The van der Waals surface area contributed by atoms with Gasteiger partial charge in [-0.25, -0.2) is 0 Å². The predicted octanol–water partition coefficient (Wildman–Crippen LogP) is 0.269. The summed E-state index contributed by atoms with van der Waals surface area (Å²) >= 11 is 0. The first kappa shape index (κ1) is 9.96. The number of nitrogens with zero attached hydrogens (tertiary/aromatic N) is 2. The van der Waals surface area contributed by atoms with Gasteiger partial charge in [-0.1, -0.05) is 0 Å². The van der Waals surface area contributed by atoms with Gasteiger partial charge in [-0.2, -0.15) is 0 Å². The van der Waals surface area contributed by atoms with Crippen molar-refractivity contribution in [2.75, 3.05) is 47.4 Å². The number of likely N-dealkylation sites (N-methyl/N-ethyl adjacent to an activating group) is 1. The topological polar surface area (TPSA) is 15.7 Å². The van der Waals surface area contributed by atoms with Crippen molar-refractivity contribution >= 4 is 0 Å². The molecule has 0 bridgehead atoms. The highest BCUT2D eigenvalue weighted by Gasteiger charge is 2.16. The highest BCUT2D eigenvalue weighted by molar-refractivity contribution is 4.69. The molecule has 1 atom stereocenters. The van der Waals surface area contributed by atoms with Crippen LogP contribution in [0.2, 0.25) is 0 Å². The molecule has 1 aliphatic rings. The quantitative estimate of drug-likeness (QED) is 0.607. The summed E-state index contributed by atoms with van der Waals surface area (Å²) in [6, 6.07) is 0. The maximum absolute atomic E-state index is 5.63. The number of hydrogen-bond acceptors (Lipinski definition) is 3. The van der Waals surface area contributed by atoms with Crippen molar-refractivity contribution in [3.8, 4) is 0 Å². The van der Waals surface area contributed by atoms with Crippen LogP contribution in [0.5, 0.6) is 0 Å². The van der Waals surface area contributed by atoms with Gasteiger partial charge in [0.15, 0.2) is 0 Å². The van der Waals surface area contributed by atoms with Crippen LogP contribution in [-0.4, -0.2) is 63.3 Å². The van der Waals surface area contributed by atoms with Crippen LogP contribution in [0.3, 0.4) is 0 Å². The van der Waals surface area contributed by atoms with Crippen molar-refractivity contribution in [1.29, 1.82) is 0 Å². The van der Waals surface area contributed by atoms with Crippen molar-refractivity contribution in [3.63, 3.8) is 0 Å². The summed E-state index contributed by atoms with van der Waals surface area (Å²) in [5, 5.41) is 0. The van der Waals surface area contributed by atoms with Gasteiger partial charge in [0.05, 0.1) is 12.7 Å². The third kappa shape index (κ3) is 3.52. The van der Waals surface area contributed by atoms with E-state index in [9.17, 15) is 0 Å². The highest BCUT2D eigenvalue weighted by atomic mass is 16.5. The number of rotatable bonds is 3. The van der Waals surface area contributed by atoms with Crippen LogP contribution < -0.4 is 0 Å². The zero-order chi connectivity index (χ0) is 8.97. The molecular formula is C9H20N2O. The fraction of sp³-hybridized carbons (Fsp3) is 1.00. The van der Waals surface area contributed by atoms with Crippen LogP contribution in [0.15, 0.2) is 0 Å². The Kier molecular flexibility index (Phi) is 3.98. The molecule has 72 valence electrons. The average molecular weight is 172 g/mol. The van der Waals surface area contributed by atoms with Crippen LogP contribution in [0, 0.1) is 0 Å². The summed E-state index contributed by atoms with van der Waals surface area (Å²) in [6.07, 6.45) is 1.60. The van der Waals surface area contributed by atoms with Gasteiger partial charge in [-0.15, -0.1) is 0 Å².